The molecule has 5 nitrogen and oxygen atoms in total. The van der Waals surface area contributed by atoms with E-state index in [2.05, 4.69) is 15.6 Å². The van der Waals surface area contributed by atoms with Gasteiger partial charge < -0.3 is 10.6 Å². The molecule has 130 valence electrons. The van der Waals surface area contributed by atoms with Crippen LogP contribution in [0.25, 0.3) is 0 Å². The SMILES string of the molecule is O=C(Nc1ccc(F)cc1)c1cncc(C(=O)NC2CCCCC2)c1. The Bertz CT molecular complexity index is 756. The minimum absolute atomic E-state index is 0.193. The third kappa shape index (κ3) is 4.62. The fourth-order valence-corrected chi connectivity index (χ4v) is 2.94. The number of anilines is 1. The van der Waals surface area contributed by atoms with E-state index in [1.807, 2.05) is 0 Å². The van der Waals surface area contributed by atoms with Crippen LogP contribution in [-0.2, 0) is 0 Å². The van der Waals surface area contributed by atoms with E-state index in [0.717, 1.165) is 25.7 Å². The van der Waals surface area contributed by atoms with Crippen LogP contribution in [0.2, 0.25) is 0 Å². The number of nitrogens with one attached hydrogen (secondary N) is 2. The van der Waals surface area contributed by atoms with Gasteiger partial charge in [0.25, 0.3) is 11.8 Å². The standard InChI is InChI=1S/C19H20FN3O2/c20-15-6-8-17(9-7-15)23-19(25)14-10-13(11-21-12-14)18(24)22-16-4-2-1-3-5-16/h6-12,16H,1-5H2,(H,22,24)(H,23,25). The third-order valence-corrected chi connectivity index (χ3v) is 4.31. The molecular formula is C19H20FN3O2. The predicted molar refractivity (Wildman–Crippen MR) is 92.9 cm³/mol. The molecule has 1 saturated carbocycles. The lowest BCUT2D eigenvalue weighted by Crippen LogP contribution is -2.36. The maximum Gasteiger partial charge on any atom is 0.257 e. The number of halogens is 1. The van der Waals surface area contributed by atoms with E-state index in [1.165, 1.54) is 49.1 Å². The Kier molecular flexibility index (Phi) is 5.38. The van der Waals surface area contributed by atoms with E-state index in [9.17, 15) is 14.0 Å². The van der Waals surface area contributed by atoms with E-state index >= 15 is 0 Å². The van der Waals surface area contributed by atoms with Gasteiger partial charge in [0.05, 0.1) is 11.1 Å². The Labute approximate surface area is 145 Å². The number of nitrogens with zero attached hydrogens (tertiary/aromatic N) is 1. The largest absolute Gasteiger partial charge is 0.349 e. The topological polar surface area (TPSA) is 71.1 Å². The molecule has 0 bridgehead atoms. The molecule has 0 aliphatic heterocycles. The van der Waals surface area contributed by atoms with E-state index in [4.69, 9.17) is 0 Å². The first-order valence-corrected chi connectivity index (χ1v) is 8.44. The first-order valence-electron chi connectivity index (χ1n) is 8.44. The van der Waals surface area contributed by atoms with Crippen LogP contribution in [0, 0.1) is 5.82 Å². The molecule has 25 heavy (non-hydrogen) atoms. The number of hydrogen-bond acceptors (Lipinski definition) is 3. The zero-order valence-electron chi connectivity index (χ0n) is 13.8. The van der Waals surface area contributed by atoms with Gasteiger partial charge in [-0.1, -0.05) is 19.3 Å². The maximum atomic E-state index is 12.9. The summed E-state index contributed by atoms with van der Waals surface area (Å²) >= 11 is 0. The Hall–Kier alpha value is -2.76. The Morgan fingerprint density at radius 2 is 1.60 bits per heavy atom. The highest BCUT2D eigenvalue weighted by Crippen LogP contribution is 2.18. The van der Waals surface area contributed by atoms with Crippen molar-refractivity contribution in [3.63, 3.8) is 0 Å². The molecule has 2 N–H and O–H groups in total. The van der Waals surface area contributed by atoms with Crippen LogP contribution in [0.5, 0.6) is 0 Å². The van der Waals surface area contributed by atoms with Gasteiger partial charge >= 0.3 is 0 Å². The highest BCUT2D eigenvalue weighted by Gasteiger charge is 2.18. The minimum atomic E-state index is -0.397. The van der Waals surface area contributed by atoms with Crippen molar-refractivity contribution in [1.82, 2.24) is 10.3 Å². The van der Waals surface area contributed by atoms with Crippen LogP contribution < -0.4 is 10.6 Å². The summed E-state index contributed by atoms with van der Waals surface area (Å²) in [4.78, 5) is 28.6. The Balaban J connectivity index is 1.66. The van der Waals surface area contributed by atoms with Gasteiger partial charge in [0.1, 0.15) is 5.82 Å². The smallest absolute Gasteiger partial charge is 0.257 e. The maximum absolute atomic E-state index is 12.9. The van der Waals surface area contributed by atoms with Crippen molar-refractivity contribution in [2.45, 2.75) is 38.1 Å². The highest BCUT2D eigenvalue weighted by atomic mass is 19.1. The normalized spacial score (nSPS) is 14.8. The summed E-state index contributed by atoms with van der Waals surface area (Å²) in [5.74, 6) is -0.983. The van der Waals surface area contributed by atoms with Crippen molar-refractivity contribution in [2.24, 2.45) is 0 Å². The first kappa shape index (κ1) is 17.1. The molecule has 6 heteroatoms. The third-order valence-electron chi connectivity index (χ3n) is 4.31. The number of carbonyl (C=O) groups excluding carboxylic acids is 2. The molecule has 1 heterocycles. The van der Waals surface area contributed by atoms with Crippen molar-refractivity contribution in [1.29, 1.82) is 0 Å². The second-order valence-corrected chi connectivity index (χ2v) is 6.23. The van der Waals surface area contributed by atoms with Gasteiger partial charge in [0.2, 0.25) is 0 Å². The number of aromatic nitrogens is 1. The molecule has 1 aliphatic carbocycles. The van der Waals surface area contributed by atoms with E-state index in [-0.39, 0.29) is 23.3 Å². The second kappa shape index (κ2) is 7.88. The Morgan fingerprint density at radius 3 is 2.28 bits per heavy atom. The van der Waals surface area contributed by atoms with E-state index in [1.54, 1.807) is 0 Å². The molecule has 3 rings (SSSR count). The molecule has 1 aromatic heterocycles. The van der Waals surface area contributed by atoms with Gasteiger partial charge in [0, 0.05) is 24.1 Å². The number of hydrogen-bond donors (Lipinski definition) is 2. The minimum Gasteiger partial charge on any atom is -0.349 e. The molecule has 0 radical (unpaired) electrons. The first-order chi connectivity index (χ1) is 12.1. The molecule has 1 aromatic carbocycles. The summed E-state index contributed by atoms with van der Waals surface area (Å²) in [6.45, 7) is 0. The zero-order chi connectivity index (χ0) is 17.6. The molecule has 0 unspecified atom stereocenters. The van der Waals surface area contributed by atoms with E-state index < -0.39 is 5.91 Å². The van der Waals surface area contributed by atoms with Crippen molar-refractivity contribution < 1.29 is 14.0 Å². The van der Waals surface area contributed by atoms with Gasteiger partial charge in [-0.15, -0.1) is 0 Å². The lowest BCUT2D eigenvalue weighted by molar-refractivity contribution is 0.0927. The average molecular weight is 341 g/mol. The van der Waals surface area contributed by atoms with Crippen molar-refractivity contribution >= 4 is 17.5 Å². The molecule has 2 aromatic rings. The lowest BCUT2D eigenvalue weighted by atomic mass is 9.95. The van der Waals surface area contributed by atoms with Crippen LogP contribution in [0.3, 0.4) is 0 Å². The summed E-state index contributed by atoms with van der Waals surface area (Å²) in [6, 6.07) is 7.19. The summed E-state index contributed by atoms with van der Waals surface area (Å²) in [7, 11) is 0. The number of rotatable bonds is 4. The van der Waals surface area contributed by atoms with Crippen LogP contribution in [0.4, 0.5) is 10.1 Å². The van der Waals surface area contributed by atoms with Gasteiger partial charge in [0.15, 0.2) is 0 Å². The van der Waals surface area contributed by atoms with Gasteiger partial charge in [-0.25, -0.2) is 4.39 Å². The van der Waals surface area contributed by atoms with Crippen molar-refractivity contribution in [3.8, 4) is 0 Å². The molecule has 2 amide bonds. The van der Waals surface area contributed by atoms with Gasteiger partial charge in [-0.3, -0.25) is 14.6 Å². The predicted octanol–water partition coefficient (Wildman–Crippen LogP) is 3.54. The molecular weight excluding hydrogens is 321 g/mol. The fourth-order valence-electron chi connectivity index (χ4n) is 2.94. The summed E-state index contributed by atoms with van der Waals surface area (Å²) < 4.78 is 12.9. The average Bonchev–Trinajstić information content (AvgIpc) is 2.64. The fraction of sp³-hybridized carbons (Fsp3) is 0.316. The Morgan fingerprint density at radius 1 is 0.960 bits per heavy atom. The van der Waals surface area contributed by atoms with Crippen LogP contribution in [0.15, 0.2) is 42.7 Å². The zero-order valence-corrected chi connectivity index (χ0v) is 13.8. The van der Waals surface area contributed by atoms with Crippen molar-refractivity contribution in [3.05, 3.63) is 59.7 Å². The second-order valence-electron chi connectivity index (χ2n) is 6.23. The quantitative estimate of drug-likeness (QED) is 0.893. The summed E-state index contributed by atoms with van der Waals surface area (Å²) in [5, 5.41) is 5.66. The molecule has 0 atom stereocenters. The van der Waals surface area contributed by atoms with Crippen LogP contribution in [-0.4, -0.2) is 22.8 Å². The van der Waals surface area contributed by atoms with E-state index in [0.29, 0.717) is 11.3 Å². The summed E-state index contributed by atoms with van der Waals surface area (Å²) in [6.07, 6.45) is 8.30. The van der Waals surface area contributed by atoms with Gasteiger partial charge in [-0.2, -0.15) is 0 Å². The monoisotopic (exact) mass is 341 g/mol. The molecule has 1 fully saturated rings. The molecule has 0 spiro atoms. The highest BCUT2D eigenvalue weighted by molar-refractivity contribution is 6.05. The number of benzene rings is 1. The number of pyridine rings is 1. The summed E-state index contributed by atoms with van der Waals surface area (Å²) in [5.41, 5.74) is 1.11. The molecule has 1 aliphatic rings. The molecule has 0 saturated heterocycles. The number of amides is 2. The van der Waals surface area contributed by atoms with Gasteiger partial charge in [-0.05, 0) is 43.2 Å². The number of carbonyl (C=O) groups is 2. The van der Waals surface area contributed by atoms with Crippen LogP contribution in [0.1, 0.15) is 52.8 Å². The van der Waals surface area contributed by atoms with Crippen LogP contribution >= 0.6 is 0 Å². The lowest BCUT2D eigenvalue weighted by Gasteiger charge is -2.22. The van der Waals surface area contributed by atoms with Crippen molar-refractivity contribution in [2.75, 3.05) is 5.32 Å².